The van der Waals surface area contributed by atoms with Gasteiger partial charge in [-0.3, -0.25) is 19.2 Å². The Morgan fingerprint density at radius 1 is 0.929 bits per heavy atom. The number of carbonyl (C=O) groups is 4. The molecule has 0 heterocycles. The van der Waals surface area contributed by atoms with Crippen molar-refractivity contribution >= 4 is 45.0 Å². The van der Waals surface area contributed by atoms with Gasteiger partial charge >= 0.3 is 0 Å². The van der Waals surface area contributed by atoms with Gasteiger partial charge in [-0.05, 0) is 69.3 Å². The van der Waals surface area contributed by atoms with E-state index in [0.717, 1.165) is 5.56 Å². The Kier molecular flexibility index (Phi) is 14.8. The molecular formula is C30H40B2N4O6. The summed E-state index contributed by atoms with van der Waals surface area (Å²) in [6.07, 6.45) is 2.20. The molecule has 0 aromatic heterocycles. The van der Waals surface area contributed by atoms with Crippen LogP contribution in [0.4, 0.5) is 10.5 Å². The molecule has 4 radical (unpaired) electrons. The Morgan fingerprint density at radius 3 is 2.24 bits per heavy atom. The van der Waals surface area contributed by atoms with E-state index in [-0.39, 0.29) is 31.8 Å². The van der Waals surface area contributed by atoms with E-state index in [0.29, 0.717) is 43.7 Å². The zero-order chi connectivity index (χ0) is 31.0. The summed E-state index contributed by atoms with van der Waals surface area (Å²) in [6.45, 7) is 4.39. The first-order chi connectivity index (χ1) is 20.0. The van der Waals surface area contributed by atoms with Crippen molar-refractivity contribution in [3.63, 3.8) is 0 Å². The lowest BCUT2D eigenvalue weighted by Gasteiger charge is -2.26. The van der Waals surface area contributed by atoms with Crippen molar-refractivity contribution < 1.29 is 28.7 Å². The fourth-order valence-corrected chi connectivity index (χ4v) is 4.19. The van der Waals surface area contributed by atoms with E-state index in [1.165, 1.54) is 0 Å². The quantitative estimate of drug-likeness (QED) is 0.158. The van der Waals surface area contributed by atoms with Crippen LogP contribution in [0.25, 0.3) is 0 Å². The number of unbranched alkanes of at least 4 members (excludes halogenated alkanes) is 1. The van der Waals surface area contributed by atoms with Crippen molar-refractivity contribution in [3.05, 3.63) is 65.7 Å². The molecule has 2 aromatic rings. The predicted octanol–water partition coefficient (Wildman–Crippen LogP) is 2.47. The molecule has 3 amide bonds. The van der Waals surface area contributed by atoms with E-state index < -0.39 is 35.3 Å². The fraction of sp³-hybridized carbons (Fsp3) is 0.467. The molecule has 0 saturated carbocycles. The van der Waals surface area contributed by atoms with Gasteiger partial charge in [0.15, 0.2) is 0 Å². The molecule has 42 heavy (non-hydrogen) atoms. The molecule has 3 atom stereocenters. The molecule has 222 valence electrons. The maximum absolute atomic E-state index is 13.5. The molecule has 12 heteroatoms. The number of carbonyl (C=O) groups excluding carboxylic acids is 4. The average molecular weight is 574 g/mol. The highest BCUT2D eigenvalue weighted by molar-refractivity contribution is 6.55. The molecule has 0 aliphatic rings. The van der Waals surface area contributed by atoms with E-state index in [9.17, 15) is 19.2 Å². The summed E-state index contributed by atoms with van der Waals surface area (Å²) in [5, 5.41) is 8.45. The first kappa shape index (κ1) is 34.6. The van der Waals surface area contributed by atoms with Crippen LogP contribution in [0.3, 0.4) is 0 Å². The minimum atomic E-state index is -0.970. The zero-order valence-electron chi connectivity index (χ0n) is 24.4. The first-order valence-electron chi connectivity index (χ1n) is 14.1. The SMILES string of the molecule is [B]C(=O)OCc1ccc(NC(=O)[C@H](CCCCN)NC(=O)[C@H](Cc2ccccc2)NC(=O)CCC([B])(C)OCC)cc1. The number of nitrogens with two attached hydrogens (primary N) is 1. The second kappa shape index (κ2) is 18.0. The highest BCUT2D eigenvalue weighted by atomic mass is 16.5. The monoisotopic (exact) mass is 574 g/mol. The number of nitrogens with one attached hydrogen (secondary N) is 3. The second-order valence-corrected chi connectivity index (χ2v) is 10.2. The molecule has 1 unspecified atom stereocenters. The summed E-state index contributed by atoms with van der Waals surface area (Å²) >= 11 is 0. The van der Waals surface area contributed by atoms with Crippen LogP contribution in [-0.2, 0) is 36.9 Å². The fourth-order valence-electron chi connectivity index (χ4n) is 4.19. The lowest BCUT2D eigenvalue weighted by Crippen LogP contribution is -2.53. The summed E-state index contributed by atoms with van der Waals surface area (Å²) in [6, 6.07) is 14.2. The Labute approximate surface area is 250 Å². The molecule has 10 nitrogen and oxygen atoms in total. The van der Waals surface area contributed by atoms with E-state index >= 15 is 0 Å². The highest BCUT2D eigenvalue weighted by Gasteiger charge is 2.28. The van der Waals surface area contributed by atoms with E-state index in [1.54, 1.807) is 31.2 Å². The third-order valence-corrected chi connectivity index (χ3v) is 6.44. The van der Waals surface area contributed by atoms with Crippen molar-refractivity contribution in [2.24, 2.45) is 5.73 Å². The van der Waals surface area contributed by atoms with Gasteiger partial charge < -0.3 is 31.2 Å². The Morgan fingerprint density at radius 2 is 1.62 bits per heavy atom. The zero-order valence-corrected chi connectivity index (χ0v) is 24.4. The maximum Gasteiger partial charge on any atom is 0.246 e. The van der Waals surface area contributed by atoms with Crippen LogP contribution in [-0.4, -0.2) is 70.0 Å². The van der Waals surface area contributed by atoms with Gasteiger partial charge in [-0.15, -0.1) is 0 Å². The molecule has 2 aromatic carbocycles. The molecule has 5 N–H and O–H groups in total. The van der Waals surface area contributed by atoms with Gasteiger partial charge in [-0.25, -0.2) is 0 Å². The number of ether oxygens (including phenoxy) is 2. The normalized spacial score (nSPS) is 13.7. The van der Waals surface area contributed by atoms with Gasteiger partial charge in [0.1, 0.15) is 26.5 Å². The van der Waals surface area contributed by atoms with Crippen LogP contribution in [0.1, 0.15) is 57.1 Å². The molecule has 0 aliphatic carbocycles. The van der Waals surface area contributed by atoms with Crippen LogP contribution >= 0.6 is 0 Å². The lowest BCUT2D eigenvalue weighted by molar-refractivity contribution is -0.131. The molecular weight excluding hydrogens is 534 g/mol. The molecule has 0 bridgehead atoms. The summed E-state index contributed by atoms with van der Waals surface area (Å²) in [5.74, 6) is -2.14. The van der Waals surface area contributed by atoms with Gasteiger partial charge in [0.25, 0.3) is 0 Å². The second-order valence-electron chi connectivity index (χ2n) is 10.2. The van der Waals surface area contributed by atoms with Crippen LogP contribution in [0, 0.1) is 0 Å². The van der Waals surface area contributed by atoms with Gasteiger partial charge in [-0.1, -0.05) is 42.5 Å². The van der Waals surface area contributed by atoms with Crippen molar-refractivity contribution in [1.82, 2.24) is 10.6 Å². The average Bonchev–Trinajstić information content (AvgIpc) is 2.95. The topological polar surface area (TPSA) is 149 Å². The summed E-state index contributed by atoms with van der Waals surface area (Å²) in [7, 11) is 11.1. The van der Waals surface area contributed by atoms with Gasteiger partial charge in [0.05, 0.1) is 0 Å². The van der Waals surface area contributed by atoms with Crippen LogP contribution in [0.15, 0.2) is 54.6 Å². The van der Waals surface area contributed by atoms with Gasteiger partial charge in [0, 0.05) is 30.6 Å². The van der Waals surface area contributed by atoms with Crippen molar-refractivity contribution in [3.8, 4) is 0 Å². The van der Waals surface area contributed by atoms with Crippen molar-refractivity contribution in [1.29, 1.82) is 0 Å². The molecule has 0 saturated heterocycles. The molecule has 0 aliphatic heterocycles. The Hall–Kier alpha value is -3.63. The number of anilines is 1. The minimum absolute atomic E-state index is 0.00596. The maximum atomic E-state index is 13.5. The number of rotatable bonds is 18. The van der Waals surface area contributed by atoms with Crippen molar-refractivity contribution in [2.75, 3.05) is 18.5 Å². The molecule has 2 rings (SSSR count). The summed E-state index contributed by atoms with van der Waals surface area (Å²) in [4.78, 5) is 50.5. The number of hydrogen-bond acceptors (Lipinski definition) is 7. The summed E-state index contributed by atoms with van der Waals surface area (Å²) < 4.78 is 10.2. The van der Waals surface area contributed by atoms with Crippen LogP contribution in [0.2, 0.25) is 0 Å². The van der Waals surface area contributed by atoms with Gasteiger partial charge in [-0.2, -0.15) is 0 Å². The van der Waals surface area contributed by atoms with E-state index in [1.807, 2.05) is 37.3 Å². The first-order valence-corrected chi connectivity index (χ1v) is 14.1. The smallest absolute Gasteiger partial charge is 0.246 e. The number of benzene rings is 2. The summed E-state index contributed by atoms with van der Waals surface area (Å²) in [5.41, 5.74) is 6.71. The third kappa shape index (κ3) is 13.4. The molecule has 0 spiro atoms. The van der Waals surface area contributed by atoms with Crippen LogP contribution < -0.4 is 21.7 Å². The Balaban J connectivity index is 2.14. The van der Waals surface area contributed by atoms with Crippen LogP contribution in [0.5, 0.6) is 0 Å². The largest absolute Gasteiger partial charge is 0.470 e. The molecule has 0 fully saturated rings. The Bertz CT molecular complexity index is 1150. The minimum Gasteiger partial charge on any atom is -0.470 e. The van der Waals surface area contributed by atoms with Gasteiger partial charge in [0.2, 0.25) is 31.4 Å². The van der Waals surface area contributed by atoms with E-state index in [4.69, 9.17) is 30.9 Å². The predicted molar refractivity (Wildman–Crippen MR) is 163 cm³/mol. The third-order valence-electron chi connectivity index (χ3n) is 6.44. The number of hydrogen-bond donors (Lipinski definition) is 4. The lowest BCUT2D eigenvalue weighted by atomic mass is 9.79. The standard InChI is InChI=1S/C30H40B2N4O6/c1-3-42-30(2,32)17-16-26(37)35-25(19-21-9-5-4-6-10-21)28(39)36-24(11-7-8-18-33)27(38)34-23-14-12-22(13-15-23)20-41-29(31)40/h4-6,9-10,12-15,24-25H,3,7-8,11,16-20,33H2,1-2H3,(H,34,38)(H,35,37)(H,36,39)/t24-,25-,30?/m0/s1. The van der Waals surface area contributed by atoms with Crippen molar-refractivity contribution in [2.45, 2.75) is 76.6 Å². The van der Waals surface area contributed by atoms with E-state index in [2.05, 4.69) is 16.0 Å². The highest BCUT2D eigenvalue weighted by Crippen LogP contribution is 2.15. The number of amides is 3.